The minimum Gasteiger partial charge on any atom is -0.379 e. The van der Waals surface area contributed by atoms with Crippen LogP contribution in [-0.4, -0.2) is 47.2 Å². The van der Waals surface area contributed by atoms with Crippen molar-refractivity contribution in [2.75, 3.05) is 26.3 Å². The minimum absolute atomic E-state index is 0.212. The van der Waals surface area contributed by atoms with Crippen LogP contribution in [0.15, 0.2) is 60.7 Å². The quantitative estimate of drug-likeness (QED) is 0.694. The lowest BCUT2D eigenvalue weighted by Gasteiger charge is -2.26. The fourth-order valence-corrected chi connectivity index (χ4v) is 3.31. The van der Waals surface area contributed by atoms with Gasteiger partial charge in [-0.3, -0.25) is 10.2 Å². The third-order valence-electron chi connectivity index (χ3n) is 4.79. The number of amides is 1. The van der Waals surface area contributed by atoms with Crippen LogP contribution in [0.1, 0.15) is 33.1 Å². The summed E-state index contributed by atoms with van der Waals surface area (Å²) in [4.78, 5) is 20.6. The molecule has 0 bridgehead atoms. The number of aromatic nitrogens is 2. The van der Waals surface area contributed by atoms with Crippen LogP contribution in [0.4, 0.5) is 0 Å². The van der Waals surface area contributed by atoms with Gasteiger partial charge in [-0.2, -0.15) is 0 Å². The molecule has 2 aromatic carbocycles. The number of carbonyl (C=O) groups excluding carboxylic acids is 1. The highest BCUT2D eigenvalue weighted by Gasteiger charge is 2.19. The third-order valence-corrected chi connectivity index (χ3v) is 4.79. The number of nitrogens with zero attached hydrogens (tertiary/aromatic N) is 2. The number of benzene rings is 2. The van der Waals surface area contributed by atoms with Crippen LogP contribution < -0.4 is 5.43 Å². The Balaban J connectivity index is 1.56. The van der Waals surface area contributed by atoms with E-state index in [1.807, 2.05) is 41.4 Å². The van der Waals surface area contributed by atoms with E-state index >= 15 is 0 Å². The van der Waals surface area contributed by atoms with Crippen LogP contribution in [0.5, 0.6) is 0 Å². The van der Waals surface area contributed by atoms with Crippen molar-refractivity contribution >= 4 is 5.91 Å². The standard InChI is InChI=1S/C22H24N4O2/c27-22(25-26-11-13-28-14-12-26)21-23-19(15-17-7-3-1-4-8-17)20(24-21)16-18-9-5-2-6-10-18/h1-10H,11-16H2,(H,23,24)(H,25,27). The number of hydrazine groups is 1. The summed E-state index contributed by atoms with van der Waals surface area (Å²) >= 11 is 0. The number of imidazole rings is 1. The van der Waals surface area contributed by atoms with Crippen LogP contribution in [0, 0.1) is 0 Å². The van der Waals surface area contributed by atoms with Crippen molar-refractivity contribution in [3.05, 3.63) is 89.0 Å². The van der Waals surface area contributed by atoms with Crippen LogP contribution in [0.2, 0.25) is 0 Å². The Morgan fingerprint density at radius 1 is 0.964 bits per heavy atom. The summed E-state index contributed by atoms with van der Waals surface area (Å²) in [6.45, 7) is 2.61. The largest absolute Gasteiger partial charge is 0.379 e. The van der Waals surface area contributed by atoms with Crippen molar-refractivity contribution in [1.29, 1.82) is 0 Å². The summed E-state index contributed by atoms with van der Waals surface area (Å²) in [5.74, 6) is 0.138. The predicted molar refractivity (Wildman–Crippen MR) is 107 cm³/mol. The summed E-state index contributed by atoms with van der Waals surface area (Å²) in [5.41, 5.74) is 7.15. The molecule has 4 rings (SSSR count). The molecule has 6 nitrogen and oxygen atoms in total. The van der Waals surface area contributed by atoms with Gasteiger partial charge in [0.1, 0.15) is 0 Å². The van der Waals surface area contributed by atoms with E-state index in [0.29, 0.717) is 45.0 Å². The Morgan fingerprint density at radius 3 is 2.21 bits per heavy atom. The average Bonchev–Trinajstić information content (AvgIpc) is 3.13. The van der Waals surface area contributed by atoms with Gasteiger partial charge >= 0.3 is 5.91 Å². The zero-order valence-electron chi connectivity index (χ0n) is 15.7. The van der Waals surface area contributed by atoms with Gasteiger partial charge in [0.2, 0.25) is 0 Å². The van der Waals surface area contributed by atoms with Gasteiger partial charge in [0.15, 0.2) is 5.82 Å². The molecule has 0 aliphatic carbocycles. The molecule has 3 aromatic rings. The molecule has 1 amide bonds. The average molecular weight is 376 g/mol. The first-order valence-corrected chi connectivity index (χ1v) is 9.57. The Morgan fingerprint density at radius 2 is 1.57 bits per heavy atom. The zero-order valence-corrected chi connectivity index (χ0v) is 15.7. The number of H-pyrrole nitrogens is 1. The lowest BCUT2D eigenvalue weighted by Crippen LogP contribution is -2.48. The molecule has 6 heteroatoms. The van der Waals surface area contributed by atoms with Gasteiger partial charge in [0.05, 0.1) is 18.9 Å². The summed E-state index contributed by atoms with van der Waals surface area (Å²) < 4.78 is 5.33. The van der Waals surface area contributed by atoms with Crippen molar-refractivity contribution in [2.45, 2.75) is 12.8 Å². The van der Waals surface area contributed by atoms with Gasteiger partial charge in [-0.05, 0) is 11.1 Å². The SMILES string of the molecule is O=C(NN1CCOCC1)c1nc(Cc2ccccc2)c(Cc2ccccc2)[nH]1. The van der Waals surface area contributed by atoms with Gasteiger partial charge in [-0.15, -0.1) is 0 Å². The Hall–Kier alpha value is -2.96. The minimum atomic E-state index is -0.212. The highest BCUT2D eigenvalue weighted by atomic mass is 16.5. The number of ether oxygens (including phenoxy) is 1. The van der Waals surface area contributed by atoms with Crippen molar-refractivity contribution in [2.24, 2.45) is 0 Å². The van der Waals surface area contributed by atoms with Crippen LogP contribution in [0.3, 0.4) is 0 Å². The van der Waals surface area contributed by atoms with E-state index in [0.717, 1.165) is 11.4 Å². The maximum Gasteiger partial charge on any atom is 0.301 e. The number of hydrogen-bond acceptors (Lipinski definition) is 4. The van der Waals surface area contributed by atoms with Gasteiger partial charge in [0, 0.05) is 31.6 Å². The van der Waals surface area contributed by atoms with E-state index in [-0.39, 0.29) is 5.91 Å². The van der Waals surface area contributed by atoms with Crippen LogP contribution in [-0.2, 0) is 17.6 Å². The predicted octanol–water partition coefficient (Wildman–Crippen LogP) is 2.57. The molecule has 1 fully saturated rings. The third kappa shape index (κ3) is 4.65. The smallest absolute Gasteiger partial charge is 0.301 e. The Bertz CT molecular complexity index is 844. The summed E-state index contributed by atoms with van der Waals surface area (Å²) in [7, 11) is 0. The van der Waals surface area contributed by atoms with Gasteiger partial charge in [-0.25, -0.2) is 9.99 Å². The fourth-order valence-electron chi connectivity index (χ4n) is 3.31. The molecule has 2 heterocycles. The topological polar surface area (TPSA) is 70.2 Å². The molecule has 0 radical (unpaired) electrons. The lowest BCUT2D eigenvalue weighted by molar-refractivity contribution is 0.0123. The molecule has 0 saturated carbocycles. The monoisotopic (exact) mass is 376 g/mol. The first-order chi connectivity index (χ1) is 13.8. The van der Waals surface area contributed by atoms with Crippen molar-refractivity contribution < 1.29 is 9.53 Å². The second kappa shape index (κ2) is 8.82. The summed E-state index contributed by atoms with van der Waals surface area (Å²) in [6, 6.07) is 20.4. The number of hydrogen-bond donors (Lipinski definition) is 2. The Kier molecular flexibility index (Phi) is 5.80. The number of morpholine rings is 1. The lowest BCUT2D eigenvalue weighted by atomic mass is 10.0. The number of carbonyl (C=O) groups is 1. The number of aromatic amines is 1. The van der Waals surface area contributed by atoms with Crippen LogP contribution >= 0.6 is 0 Å². The van der Waals surface area contributed by atoms with E-state index in [1.165, 1.54) is 11.1 Å². The number of rotatable bonds is 6. The van der Waals surface area contributed by atoms with Crippen molar-refractivity contribution in [1.82, 2.24) is 20.4 Å². The molecule has 1 saturated heterocycles. The second-order valence-electron chi connectivity index (χ2n) is 6.88. The van der Waals surface area contributed by atoms with Gasteiger partial charge in [-0.1, -0.05) is 60.7 Å². The highest BCUT2D eigenvalue weighted by molar-refractivity contribution is 5.90. The molecule has 2 N–H and O–H groups in total. The van der Waals surface area contributed by atoms with E-state index in [1.54, 1.807) is 0 Å². The van der Waals surface area contributed by atoms with Gasteiger partial charge < -0.3 is 9.72 Å². The maximum atomic E-state index is 12.7. The summed E-state index contributed by atoms with van der Waals surface area (Å²) in [5, 5.41) is 1.88. The molecule has 1 aliphatic rings. The zero-order chi connectivity index (χ0) is 19.2. The van der Waals surface area contributed by atoms with E-state index < -0.39 is 0 Å². The van der Waals surface area contributed by atoms with E-state index in [9.17, 15) is 4.79 Å². The van der Waals surface area contributed by atoms with Crippen molar-refractivity contribution in [3.8, 4) is 0 Å². The molecule has 0 atom stereocenters. The molecule has 144 valence electrons. The molecule has 28 heavy (non-hydrogen) atoms. The molecular weight excluding hydrogens is 352 g/mol. The van der Waals surface area contributed by atoms with Gasteiger partial charge in [0.25, 0.3) is 0 Å². The maximum absolute atomic E-state index is 12.7. The second-order valence-corrected chi connectivity index (χ2v) is 6.88. The van der Waals surface area contributed by atoms with E-state index in [2.05, 4.69) is 39.7 Å². The molecular formula is C22H24N4O2. The molecule has 0 spiro atoms. The number of nitrogens with one attached hydrogen (secondary N) is 2. The normalized spacial score (nSPS) is 14.7. The molecule has 1 aliphatic heterocycles. The first-order valence-electron chi connectivity index (χ1n) is 9.57. The fraction of sp³-hybridized carbons (Fsp3) is 0.273. The summed E-state index contributed by atoms with van der Waals surface area (Å²) in [6.07, 6.45) is 1.39. The van der Waals surface area contributed by atoms with Crippen LogP contribution in [0.25, 0.3) is 0 Å². The van der Waals surface area contributed by atoms with Crippen molar-refractivity contribution in [3.63, 3.8) is 0 Å². The molecule has 1 aromatic heterocycles. The molecule has 0 unspecified atom stereocenters. The Labute approximate surface area is 164 Å². The van der Waals surface area contributed by atoms with E-state index in [4.69, 9.17) is 4.74 Å². The first kappa shape index (κ1) is 18.4. The highest BCUT2D eigenvalue weighted by Crippen LogP contribution is 2.17.